The molecule has 2 aliphatic heterocycles. The molecule has 2 saturated heterocycles. The predicted molar refractivity (Wildman–Crippen MR) is 110 cm³/mol. The van der Waals surface area contributed by atoms with Gasteiger partial charge in [0.2, 0.25) is 0 Å². The average molecular weight is 404 g/mol. The van der Waals surface area contributed by atoms with Crippen molar-refractivity contribution in [3.05, 3.63) is 70.6 Å². The average Bonchev–Trinajstić information content (AvgIpc) is 3.28. The molecule has 3 aromatic rings. The van der Waals surface area contributed by atoms with Crippen molar-refractivity contribution in [2.75, 3.05) is 26.7 Å². The number of nitrogens with zero attached hydrogens (tertiary/aromatic N) is 2. The highest BCUT2D eigenvalue weighted by Crippen LogP contribution is 2.32. The Hall–Kier alpha value is -3.61. The highest BCUT2D eigenvalue weighted by molar-refractivity contribution is 5.96. The summed E-state index contributed by atoms with van der Waals surface area (Å²) in [4.78, 5) is 40.6. The number of rotatable bonds is 2. The molecule has 7 nitrogen and oxygen atoms in total. The zero-order chi connectivity index (χ0) is 20.9. The molecule has 0 bridgehead atoms. The standard InChI is InChI=1S/C23H20N2O5/c1-24-13-23(30-22(24)28)9-10-25(14-23)20(26)17-7-4-6-15(11-17)18-12-16-5-2-3-8-19(16)29-21(18)27/h2-8,11-12H,9-10,13-14H2,1H3. The molecule has 30 heavy (non-hydrogen) atoms. The highest BCUT2D eigenvalue weighted by atomic mass is 16.6. The molecule has 1 atom stereocenters. The monoisotopic (exact) mass is 404 g/mol. The minimum absolute atomic E-state index is 0.149. The van der Waals surface area contributed by atoms with Gasteiger partial charge in [0.25, 0.3) is 5.91 Å². The lowest BCUT2D eigenvalue weighted by Crippen LogP contribution is -2.39. The molecule has 2 amide bonds. The van der Waals surface area contributed by atoms with Gasteiger partial charge in [0, 0.05) is 31.0 Å². The molecule has 1 spiro atoms. The highest BCUT2D eigenvalue weighted by Gasteiger charge is 2.49. The van der Waals surface area contributed by atoms with Gasteiger partial charge in [-0.05, 0) is 29.8 Å². The first-order chi connectivity index (χ1) is 14.4. The Morgan fingerprint density at radius 3 is 2.67 bits per heavy atom. The van der Waals surface area contributed by atoms with Crippen LogP contribution in [0.25, 0.3) is 22.1 Å². The smallest absolute Gasteiger partial charge is 0.410 e. The van der Waals surface area contributed by atoms with E-state index >= 15 is 0 Å². The Morgan fingerprint density at radius 2 is 1.87 bits per heavy atom. The Balaban J connectivity index is 1.43. The van der Waals surface area contributed by atoms with Crippen LogP contribution in [0.1, 0.15) is 16.8 Å². The lowest BCUT2D eigenvalue weighted by atomic mass is 10.0. The van der Waals surface area contributed by atoms with Gasteiger partial charge in [0.05, 0.1) is 18.7 Å². The molecule has 0 saturated carbocycles. The minimum atomic E-state index is -0.626. The molecule has 152 valence electrons. The van der Waals surface area contributed by atoms with E-state index in [4.69, 9.17) is 9.15 Å². The van der Waals surface area contributed by atoms with Crippen molar-refractivity contribution < 1.29 is 18.7 Å². The van der Waals surface area contributed by atoms with Gasteiger partial charge < -0.3 is 19.0 Å². The number of hydrogen-bond acceptors (Lipinski definition) is 5. The van der Waals surface area contributed by atoms with Gasteiger partial charge in [-0.2, -0.15) is 0 Å². The maximum absolute atomic E-state index is 13.1. The van der Waals surface area contributed by atoms with Crippen LogP contribution in [0.4, 0.5) is 4.79 Å². The Bertz CT molecular complexity index is 1230. The van der Waals surface area contributed by atoms with Gasteiger partial charge in [0.1, 0.15) is 5.58 Å². The molecule has 1 aromatic heterocycles. The van der Waals surface area contributed by atoms with Crippen LogP contribution in [0.2, 0.25) is 0 Å². The molecule has 1 unspecified atom stereocenters. The van der Waals surface area contributed by atoms with Crippen molar-refractivity contribution >= 4 is 23.0 Å². The maximum Gasteiger partial charge on any atom is 0.410 e. The van der Waals surface area contributed by atoms with Gasteiger partial charge in [-0.25, -0.2) is 9.59 Å². The molecule has 2 aliphatic rings. The van der Waals surface area contributed by atoms with Crippen LogP contribution in [0.15, 0.2) is 63.8 Å². The van der Waals surface area contributed by atoms with E-state index in [9.17, 15) is 14.4 Å². The fraction of sp³-hybridized carbons (Fsp3) is 0.261. The molecule has 0 radical (unpaired) electrons. The summed E-state index contributed by atoms with van der Waals surface area (Å²) in [5.41, 5.74) is 0.971. The lowest BCUT2D eigenvalue weighted by molar-refractivity contribution is 0.0553. The molecule has 3 heterocycles. The molecule has 0 N–H and O–H groups in total. The molecular weight excluding hydrogens is 384 g/mol. The topological polar surface area (TPSA) is 80.1 Å². The molecule has 5 rings (SSSR count). The van der Waals surface area contributed by atoms with Crippen molar-refractivity contribution in [1.29, 1.82) is 0 Å². The second-order valence-electron chi connectivity index (χ2n) is 7.95. The number of para-hydroxylation sites is 1. The third kappa shape index (κ3) is 3.03. The summed E-state index contributed by atoms with van der Waals surface area (Å²) in [6.07, 6.45) is 0.261. The van der Waals surface area contributed by atoms with Gasteiger partial charge in [-0.3, -0.25) is 4.79 Å². The van der Waals surface area contributed by atoms with E-state index in [0.29, 0.717) is 48.3 Å². The molecule has 2 fully saturated rings. The number of likely N-dealkylation sites (N-methyl/N-ethyl adjacent to an activating group) is 1. The van der Waals surface area contributed by atoms with E-state index < -0.39 is 11.2 Å². The normalized spacial score (nSPS) is 20.9. The van der Waals surface area contributed by atoms with Crippen molar-refractivity contribution in [3.63, 3.8) is 0 Å². The van der Waals surface area contributed by atoms with Crippen LogP contribution < -0.4 is 5.63 Å². The third-order valence-corrected chi connectivity index (χ3v) is 5.81. The number of likely N-dealkylation sites (tertiary alicyclic amines) is 1. The fourth-order valence-electron chi connectivity index (χ4n) is 4.29. The summed E-state index contributed by atoms with van der Waals surface area (Å²) in [5.74, 6) is -0.149. The maximum atomic E-state index is 13.1. The van der Waals surface area contributed by atoms with Gasteiger partial charge in [-0.15, -0.1) is 0 Å². The van der Waals surface area contributed by atoms with E-state index in [2.05, 4.69) is 0 Å². The number of ether oxygens (including phenoxy) is 1. The second kappa shape index (κ2) is 6.73. The first-order valence-corrected chi connectivity index (χ1v) is 9.81. The molecular formula is C23H20N2O5. The summed E-state index contributed by atoms with van der Waals surface area (Å²) >= 11 is 0. The minimum Gasteiger partial charge on any atom is -0.439 e. The van der Waals surface area contributed by atoms with E-state index in [1.807, 2.05) is 18.2 Å². The summed E-state index contributed by atoms with van der Waals surface area (Å²) in [7, 11) is 1.69. The molecule has 0 aliphatic carbocycles. The molecule has 2 aromatic carbocycles. The van der Waals surface area contributed by atoms with E-state index in [1.54, 1.807) is 48.3 Å². The summed E-state index contributed by atoms with van der Waals surface area (Å²) < 4.78 is 11.0. The number of benzene rings is 2. The SMILES string of the molecule is CN1CC2(CCN(C(=O)c3cccc(-c4cc5ccccc5oc4=O)c3)C2)OC1=O. The van der Waals surface area contributed by atoms with Crippen molar-refractivity contribution in [2.24, 2.45) is 0 Å². The second-order valence-corrected chi connectivity index (χ2v) is 7.95. The Morgan fingerprint density at radius 1 is 1.03 bits per heavy atom. The van der Waals surface area contributed by atoms with Crippen LogP contribution in [0.5, 0.6) is 0 Å². The third-order valence-electron chi connectivity index (χ3n) is 5.81. The largest absolute Gasteiger partial charge is 0.439 e. The first-order valence-electron chi connectivity index (χ1n) is 9.81. The quantitative estimate of drug-likeness (QED) is 0.613. The molecule has 7 heteroatoms. The predicted octanol–water partition coefficient (Wildman–Crippen LogP) is 3.13. The number of carbonyl (C=O) groups excluding carboxylic acids is 2. The summed E-state index contributed by atoms with van der Waals surface area (Å²) in [6, 6.07) is 16.1. The van der Waals surface area contributed by atoms with Crippen LogP contribution in [0, 0.1) is 0 Å². The van der Waals surface area contributed by atoms with E-state index in [1.165, 1.54) is 4.90 Å². The summed E-state index contributed by atoms with van der Waals surface area (Å²) in [5, 5.41) is 0.817. The van der Waals surface area contributed by atoms with Gasteiger partial charge >= 0.3 is 11.7 Å². The van der Waals surface area contributed by atoms with Gasteiger partial charge in [0.15, 0.2) is 5.60 Å². The fourth-order valence-corrected chi connectivity index (χ4v) is 4.29. The number of carbonyl (C=O) groups is 2. The van der Waals surface area contributed by atoms with Crippen molar-refractivity contribution in [3.8, 4) is 11.1 Å². The number of hydrogen-bond donors (Lipinski definition) is 0. The first kappa shape index (κ1) is 18.4. The Labute approximate surface area is 172 Å². The van der Waals surface area contributed by atoms with Crippen LogP contribution in [0.3, 0.4) is 0 Å². The van der Waals surface area contributed by atoms with Crippen LogP contribution >= 0.6 is 0 Å². The zero-order valence-electron chi connectivity index (χ0n) is 16.5. The zero-order valence-corrected chi connectivity index (χ0v) is 16.5. The van der Waals surface area contributed by atoms with Crippen molar-refractivity contribution in [2.45, 2.75) is 12.0 Å². The lowest BCUT2D eigenvalue weighted by Gasteiger charge is -2.22. The van der Waals surface area contributed by atoms with Crippen LogP contribution in [-0.2, 0) is 4.74 Å². The van der Waals surface area contributed by atoms with Crippen molar-refractivity contribution in [1.82, 2.24) is 9.80 Å². The van der Waals surface area contributed by atoms with E-state index in [-0.39, 0.29) is 12.0 Å². The number of amides is 2. The number of fused-ring (bicyclic) bond motifs is 1. The Kier molecular flexibility index (Phi) is 4.13. The van der Waals surface area contributed by atoms with E-state index in [0.717, 1.165) is 5.39 Å². The van der Waals surface area contributed by atoms with Gasteiger partial charge in [-0.1, -0.05) is 30.3 Å². The summed E-state index contributed by atoms with van der Waals surface area (Å²) in [6.45, 7) is 1.36. The van der Waals surface area contributed by atoms with Crippen LogP contribution in [-0.4, -0.2) is 54.1 Å².